The summed E-state index contributed by atoms with van der Waals surface area (Å²) in [5.41, 5.74) is 1.66. The Morgan fingerprint density at radius 1 is 1.21 bits per heavy atom. The molecule has 19 heavy (non-hydrogen) atoms. The number of hydrogen-bond acceptors (Lipinski definition) is 4. The first-order valence-corrected chi connectivity index (χ1v) is 6.17. The van der Waals surface area contributed by atoms with E-state index in [-0.39, 0.29) is 11.9 Å². The van der Waals surface area contributed by atoms with Crippen molar-refractivity contribution in [2.24, 2.45) is 0 Å². The molecule has 0 aliphatic rings. The fourth-order valence-electron chi connectivity index (χ4n) is 1.55. The summed E-state index contributed by atoms with van der Waals surface area (Å²) in [6.07, 6.45) is 0.893. The summed E-state index contributed by atoms with van der Waals surface area (Å²) in [5, 5.41) is 2.77. The van der Waals surface area contributed by atoms with Gasteiger partial charge in [0, 0.05) is 38.3 Å². The maximum Gasteiger partial charge on any atom is 0.305 e. The van der Waals surface area contributed by atoms with Crippen LogP contribution in [0, 0.1) is 0 Å². The monoisotopic (exact) mass is 264 g/mol. The third-order valence-corrected chi connectivity index (χ3v) is 2.72. The van der Waals surface area contributed by atoms with Crippen LogP contribution in [0.15, 0.2) is 24.3 Å². The van der Waals surface area contributed by atoms with Crippen LogP contribution in [0.2, 0.25) is 0 Å². The van der Waals surface area contributed by atoms with Crippen LogP contribution >= 0.6 is 0 Å². The second kappa shape index (κ2) is 7.41. The highest BCUT2D eigenvalue weighted by molar-refractivity contribution is 5.94. The molecule has 0 aromatic heterocycles. The molecule has 1 aromatic carbocycles. The smallest absolute Gasteiger partial charge is 0.305 e. The summed E-state index contributed by atoms with van der Waals surface area (Å²) < 4.78 is 4.52. The van der Waals surface area contributed by atoms with Gasteiger partial charge in [0.25, 0.3) is 5.91 Å². The fraction of sp³-hybridized carbons (Fsp3) is 0.429. The van der Waals surface area contributed by atoms with E-state index in [4.69, 9.17) is 0 Å². The van der Waals surface area contributed by atoms with Crippen LogP contribution in [0.25, 0.3) is 0 Å². The first kappa shape index (κ1) is 15.0. The number of hydrogen-bond donors (Lipinski definition) is 1. The van der Waals surface area contributed by atoms with Crippen LogP contribution in [0.1, 0.15) is 23.2 Å². The Kier molecular flexibility index (Phi) is 5.85. The van der Waals surface area contributed by atoms with Crippen LogP contribution in [0.3, 0.4) is 0 Å². The number of methoxy groups -OCH3 is 1. The van der Waals surface area contributed by atoms with Gasteiger partial charge in [-0.05, 0) is 30.7 Å². The molecule has 0 saturated heterocycles. The molecule has 0 heterocycles. The van der Waals surface area contributed by atoms with E-state index in [1.807, 2.05) is 31.1 Å². The molecule has 5 heteroatoms. The maximum atomic E-state index is 11.8. The van der Waals surface area contributed by atoms with Gasteiger partial charge in [-0.1, -0.05) is 0 Å². The van der Waals surface area contributed by atoms with Crippen molar-refractivity contribution in [2.75, 3.05) is 32.6 Å². The number of rotatable bonds is 6. The van der Waals surface area contributed by atoms with Gasteiger partial charge in [-0.2, -0.15) is 0 Å². The van der Waals surface area contributed by atoms with E-state index in [0.717, 1.165) is 5.69 Å². The van der Waals surface area contributed by atoms with Gasteiger partial charge in [0.1, 0.15) is 0 Å². The van der Waals surface area contributed by atoms with E-state index >= 15 is 0 Å². The molecule has 0 aliphatic heterocycles. The number of esters is 1. The van der Waals surface area contributed by atoms with Crippen LogP contribution < -0.4 is 10.2 Å². The molecular weight excluding hydrogens is 244 g/mol. The van der Waals surface area contributed by atoms with Crippen LogP contribution in [-0.2, 0) is 9.53 Å². The lowest BCUT2D eigenvalue weighted by atomic mass is 10.2. The lowest BCUT2D eigenvalue weighted by Gasteiger charge is -2.12. The zero-order valence-corrected chi connectivity index (χ0v) is 11.6. The highest BCUT2D eigenvalue weighted by Crippen LogP contribution is 2.12. The van der Waals surface area contributed by atoms with E-state index in [1.54, 1.807) is 12.1 Å². The van der Waals surface area contributed by atoms with E-state index in [1.165, 1.54) is 7.11 Å². The third kappa shape index (κ3) is 4.99. The van der Waals surface area contributed by atoms with Crippen LogP contribution in [-0.4, -0.2) is 39.6 Å². The van der Waals surface area contributed by atoms with Crippen molar-refractivity contribution in [3.8, 4) is 0 Å². The minimum atomic E-state index is -0.260. The molecule has 1 rings (SSSR count). The molecule has 0 aliphatic carbocycles. The number of amides is 1. The second-order valence-electron chi connectivity index (χ2n) is 4.38. The van der Waals surface area contributed by atoms with Gasteiger partial charge in [0.05, 0.1) is 7.11 Å². The first-order chi connectivity index (χ1) is 9.04. The van der Waals surface area contributed by atoms with E-state index in [2.05, 4.69) is 10.1 Å². The SMILES string of the molecule is COC(=O)CCCNC(=O)c1ccc(N(C)C)cc1. The van der Waals surface area contributed by atoms with E-state index in [9.17, 15) is 9.59 Å². The van der Waals surface area contributed by atoms with Crippen molar-refractivity contribution in [3.05, 3.63) is 29.8 Å². The lowest BCUT2D eigenvalue weighted by molar-refractivity contribution is -0.140. The molecule has 0 bridgehead atoms. The largest absolute Gasteiger partial charge is 0.469 e. The maximum absolute atomic E-state index is 11.8. The van der Waals surface area contributed by atoms with Crippen molar-refractivity contribution in [2.45, 2.75) is 12.8 Å². The Hall–Kier alpha value is -2.04. The zero-order valence-electron chi connectivity index (χ0n) is 11.6. The zero-order chi connectivity index (χ0) is 14.3. The summed E-state index contributed by atoms with van der Waals surface area (Å²) in [6, 6.07) is 7.35. The molecule has 5 nitrogen and oxygen atoms in total. The molecular formula is C14H20N2O3. The summed E-state index contributed by atoms with van der Waals surface area (Å²) in [6.45, 7) is 0.462. The first-order valence-electron chi connectivity index (χ1n) is 6.17. The van der Waals surface area contributed by atoms with Gasteiger partial charge in [-0.3, -0.25) is 9.59 Å². The summed E-state index contributed by atoms with van der Waals surface area (Å²) >= 11 is 0. The number of nitrogens with one attached hydrogen (secondary N) is 1. The quantitative estimate of drug-likeness (QED) is 0.624. The number of carbonyl (C=O) groups excluding carboxylic acids is 2. The number of benzene rings is 1. The Morgan fingerprint density at radius 3 is 2.37 bits per heavy atom. The topological polar surface area (TPSA) is 58.6 Å². The molecule has 0 saturated carbocycles. The molecule has 0 unspecified atom stereocenters. The summed E-state index contributed by atoms with van der Waals surface area (Å²) in [7, 11) is 5.25. The number of anilines is 1. The Balaban J connectivity index is 2.39. The molecule has 1 aromatic rings. The van der Waals surface area contributed by atoms with Gasteiger partial charge in [-0.15, -0.1) is 0 Å². The average Bonchev–Trinajstić information content (AvgIpc) is 2.43. The highest BCUT2D eigenvalue weighted by atomic mass is 16.5. The number of ether oxygens (including phenoxy) is 1. The van der Waals surface area contributed by atoms with Gasteiger partial charge in [0.15, 0.2) is 0 Å². The average molecular weight is 264 g/mol. The standard InChI is InChI=1S/C14H20N2O3/c1-16(2)12-8-6-11(7-9-12)14(18)15-10-4-5-13(17)19-3/h6-9H,4-5,10H2,1-3H3,(H,15,18). The minimum absolute atomic E-state index is 0.129. The predicted molar refractivity (Wildman–Crippen MR) is 74.4 cm³/mol. The highest BCUT2D eigenvalue weighted by Gasteiger charge is 2.06. The van der Waals surface area contributed by atoms with Crippen molar-refractivity contribution in [1.82, 2.24) is 5.32 Å². The Labute approximate surface area is 113 Å². The number of carbonyl (C=O) groups is 2. The third-order valence-electron chi connectivity index (χ3n) is 2.72. The molecule has 0 fully saturated rings. The van der Waals surface area contributed by atoms with Gasteiger partial charge >= 0.3 is 5.97 Å². The Bertz CT molecular complexity index is 427. The second-order valence-corrected chi connectivity index (χ2v) is 4.38. The van der Waals surface area contributed by atoms with Crippen LogP contribution in [0.5, 0.6) is 0 Å². The van der Waals surface area contributed by atoms with Gasteiger partial charge < -0.3 is 15.0 Å². The normalized spacial score (nSPS) is 9.84. The minimum Gasteiger partial charge on any atom is -0.469 e. The Morgan fingerprint density at radius 2 is 1.84 bits per heavy atom. The van der Waals surface area contributed by atoms with Crippen molar-refractivity contribution in [1.29, 1.82) is 0 Å². The summed E-state index contributed by atoms with van der Waals surface area (Å²) in [4.78, 5) is 24.7. The van der Waals surface area contributed by atoms with Crippen molar-refractivity contribution < 1.29 is 14.3 Å². The summed E-state index contributed by atoms with van der Waals surface area (Å²) in [5.74, 6) is -0.389. The molecule has 104 valence electrons. The van der Waals surface area contributed by atoms with E-state index < -0.39 is 0 Å². The van der Waals surface area contributed by atoms with Crippen LogP contribution in [0.4, 0.5) is 5.69 Å². The molecule has 1 N–H and O–H groups in total. The van der Waals surface area contributed by atoms with E-state index in [0.29, 0.717) is 24.9 Å². The fourth-order valence-corrected chi connectivity index (χ4v) is 1.55. The van der Waals surface area contributed by atoms with Crippen molar-refractivity contribution >= 4 is 17.6 Å². The van der Waals surface area contributed by atoms with Gasteiger partial charge in [-0.25, -0.2) is 0 Å². The molecule has 0 spiro atoms. The lowest BCUT2D eigenvalue weighted by Crippen LogP contribution is -2.25. The number of nitrogens with zero attached hydrogens (tertiary/aromatic N) is 1. The van der Waals surface area contributed by atoms with Gasteiger partial charge in [0.2, 0.25) is 0 Å². The molecule has 0 atom stereocenters. The predicted octanol–water partition coefficient (Wildman–Crippen LogP) is 1.44. The van der Waals surface area contributed by atoms with Crippen molar-refractivity contribution in [3.63, 3.8) is 0 Å². The molecule has 1 amide bonds. The molecule has 0 radical (unpaired) electrons.